The number of methoxy groups -OCH3 is 3. The lowest BCUT2D eigenvalue weighted by molar-refractivity contribution is 0.217. The molecular formula is C27H31NO4. The van der Waals surface area contributed by atoms with Gasteiger partial charge in [0.2, 0.25) is 0 Å². The number of fused-ring (bicyclic) bond motifs is 1. The molecule has 0 atom stereocenters. The zero-order valence-corrected chi connectivity index (χ0v) is 19.3. The summed E-state index contributed by atoms with van der Waals surface area (Å²) < 4.78 is 23.2. The summed E-state index contributed by atoms with van der Waals surface area (Å²) in [5.41, 5.74) is 5.64. The molecule has 1 heterocycles. The smallest absolute Gasteiger partial charge is 0.165 e. The van der Waals surface area contributed by atoms with Crippen LogP contribution in [-0.2, 0) is 19.5 Å². The summed E-state index contributed by atoms with van der Waals surface area (Å²) in [5.74, 6) is 3.05. The van der Waals surface area contributed by atoms with Crippen molar-refractivity contribution < 1.29 is 18.9 Å². The largest absolute Gasteiger partial charge is 0.496 e. The maximum absolute atomic E-state index is 6.15. The maximum Gasteiger partial charge on any atom is 0.165 e. The molecule has 5 heteroatoms. The van der Waals surface area contributed by atoms with Crippen LogP contribution in [-0.4, -0.2) is 39.4 Å². The third-order valence-corrected chi connectivity index (χ3v) is 5.95. The summed E-state index contributed by atoms with van der Waals surface area (Å²) >= 11 is 0. The van der Waals surface area contributed by atoms with Crippen molar-refractivity contribution >= 4 is 0 Å². The second-order valence-corrected chi connectivity index (χ2v) is 7.93. The van der Waals surface area contributed by atoms with E-state index < -0.39 is 0 Å². The van der Waals surface area contributed by atoms with Crippen molar-refractivity contribution in [3.63, 3.8) is 0 Å². The maximum atomic E-state index is 6.15. The Balaban J connectivity index is 1.70. The Hall–Kier alpha value is -3.18. The molecule has 0 aliphatic carbocycles. The molecule has 0 saturated carbocycles. The van der Waals surface area contributed by atoms with Crippen molar-refractivity contribution in [1.29, 1.82) is 0 Å². The second kappa shape index (κ2) is 9.96. The summed E-state index contributed by atoms with van der Waals surface area (Å²) in [6.45, 7) is 5.29. The van der Waals surface area contributed by atoms with Gasteiger partial charge in [-0.05, 0) is 47.4 Å². The highest BCUT2D eigenvalue weighted by Crippen LogP contribution is 2.44. The molecule has 168 valence electrons. The molecule has 0 N–H and O–H groups in total. The van der Waals surface area contributed by atoms with Crippen LogP contribution in [0.25, 0.3) is 11.1 Å². The van der Waals surface area contributed by atoms with Gasteiger partial charge in [-0.25, -0.2) is 0 Å². The molecule has 0 saturated heterocycles. The molecule has 0 radical (unpaired) electrons. The third kappa shape index (κ3) is 4.53. The zero-order chi connectivity index (χ0) is 22.5. The molecule has 5 nitrogen and oxygen atoms in total. The van der Waals surface area contributed by atoms with Gasteiger partial charge in [-0.3, -0.25) is 4.90 Å². The normalized spacial score (nSPS) is 13.6. The Labute approximate surface area is 190 Å². The van der Waals surface area contributed by atoms with Gasteiger partial charge in [-0.15, -0.1) is 0 Å². The van der Waals surface area contributed by atoms with Gasteiger partial charge in [0.25, 0.3) is 0 Å². The fourth-order valence-electron chi connectivity index (χ4n) is 4.24. The number of ether oxygens (including phenoxy) is 4. The fourth-order valence-corrected chi connectivity index (χ4v) is 4.24. The van der Waals surface area contributed by atoms with Gasteiger partial charge in [-0.1, -0.05) is 37.3 Å². The second-order valence-electron chi connectivity index (χ2n) is 7.93. The molecule has 0 amide bonds. The Bertz CT molecular complexity index is 1040. The van der Waals surface area contributed by atoms with Gasteiger partial charge in [0, 0.05) is 25.2 Å². The van der Waals surface area contributed by atoms with Gasteiger partial charge >= 0.3 is 0 Å². The molecular weight excluding hydrogens is 402 g/mol. The Morgan fingerprint density at radius 2 is 1.50 bits per heavy atom. The average molecular weight is 434 g/mol. The van der Waals surface area contributed by atoms with E-state index in [0.29, 0.717) is 6.61 Å². The van der Waals surface area contributed by atoms with Crippen LogP contribution in [0.4, 0.5) is 0 Å². The minimum absolute atomic E-state index is 0.619. The summed E-state index contributed by atoms with van der Waals surface area (Å²) in [4.78, 5) is 2.41. The highest BCUT2D eigenvalue weighted by Gasteiger charge is 2.23. The lowest BCUT2D eigenvalue weighted by Gasteiger charge is -2.21. The highest BCUT2D eigenvalue weighted by atomic mass is 16.5. The predicted molar refractivity (Wildman–Crippen MR) is 127 cm³/mol. The molecule has 0 fully saturated rings. The first kappa shape index (κ1) is 22.0. The highest BCUT2D eigenvalue weighted by molar-refractivity contribution is 5.79. The Morgan fingerprint density at radius 3 is 2.12 bits per heavy atom. The summed E-state index contributed by atoms with van der Waals surface area (Å²) in [5, 5.41) is 0. The molecule has 1 aliphatic rings. The number of hydrogen-bond donors (Lipinski definition) is 0. The molecule has 4 rings (SSSR count). The number of benzene rings is 3. The van der Waals surface area contributed by atoms with Crippen LogP contribution in [0.1, 0.15) is 23.6 Å². The van der Waals surface area contributed by atoms with Gasteiger partial charge < -0.3 is 18.9 Å². The van der Waals surface area contributed by atoms with Crippen LogP contribution in [0.5, 0.6) is 23.0 Å². The van der Waals surface area contributed by atoms with Gasteiger partial charge in [0.05, 0.1) is 26.9 Å². The monoisotopic (exact) mass is 433 g/mol. The van der Waals surface area contributed by atoms with E-state index in [2.05, 4.69) is 42.2 Å². The average Bonchev–Trinajstić information content (AvgIpc) is 3.04. The van der Waals surface area contributed by atoms with E-state index in [1.54, 1.807) is 21.3 Å². The van der Waals surface area contributed by atoms with E-state index in [1.807, 2.05) is 24.3 Å². The molecule has 0 aromatic heterocycles. The molecule has 1 aliphatic heterocycles. The van der Waals surface area contributed by atoms with Crippen molar-refractivity contribution in [2.75, 3.05) is 34.5 Å². The number of rotatable bonds is 7. The van der Waals surface area contributed by atoms with Crippen LogP contribution < -0.4 is 18.9 Å². The van der Waals surface area contributed by atoms with E-state index in [4.69, 9.17) is 18.9 Å². The zero-order valence-electron chi connectivity index (χ0n) is 19.3. The van der Waals surface area contributed by atoms with Crippen LogP contribution in [0.15, 0.2) is 54.6 Å². The SMILES string of the molecule is CCc1ccc(CN2CCOc3c(cc(-c4c(OC)cccc4OC)cc3OC)C2)cc1. The first-order chi connectivity index (χ1) is 15.7. The Kier molecular flexibility index (Phi) is 6.86. The van der Waals surface area contributed by atoms with E-state index in [-0.39, 0.29) is 0 Å². The minimum Gasteiger partial charge on any atom is -0.496 e. The molecule has 32 heavy (non-hydrogen) atoms. The van der Waals surface area contributed by atoms with E-state index in [1.165, 1.54) is 11.1 Å². The van der Waals surface area contributed by atoms with Crippen molar-refractivity contribution in [3.8, 4) is 34.1 Å². The number of aryl methyl sites for hydroxylation is 1. The standard InChI is InChI=1S/C27H31NO4/c1-5-19-9-11-20(12-10-19)17-28-13-14-32-27-22(18-28)15-21(16-25(27)31-4)26-23(29-2)7-6-8-24(26)30-3/h6-12,15-16H,5,13-14,17-18H2,1-4H3. The summed E-state index contributed by atoms with van der Waals surface area (Å²) in [6, 6.07) is 18.9. The van der Waals surface area contributed by atoms with Crippen molar-refractivity contribution in [3.05, 3.63) is 71.3 Å². The lowest BCUT2D eigenvalue weighted by Crippen LogP contribution is -2.25. The van der Waals surface area contributed by atoms with Crippen molar-refractivity contribution in [2.24, 2.45) is 0 Å². The number of hydrogen-bond acceptors (Lipinski definition) is 5. The first-order valence-electron chi connectivity index (χ1n) is 11.0. The van der Waals surface area contributed by atoms with Crippen LogP contribution in [0, 0.1) is 0 Å². The Morgan fingerprint density at radius 1 is 0.844 bits per heavy atom. The van der Waals surface area contributed by atoms with E-state index in [9.17, 15) is 0 Å². The summed E-state index contributed by atoms with van der Waals surface area (Å²) in [7, 11) is 5.03. The molecule has 3 aromatic rings. The molecule has 3 aromatic carbocycles. The third-order valence-electron chi connectivity index (χ3n) is 5.95. The molecule has 0 bridgehead atoms. The summed E-state index contributed by atoms with van der Waals surface area (Å²) in [6.07, 6.45) is 1.06. The quantitative estimate of drug-likeness (QED) is 0.503. The minimum atomic E-state index is 0.619. The first-order valence-corrected chi connectivity index (χ1v) is 11.0. The van der Waals surface area contributed by atoms with E-state index in [0.717, 1.165) is 65.7 Å². The van der Waals surface area contributed by atoms with Gasteiger partial charge in [0.1, 0.15) is 18.1 Å². The van der Waals surface area contributed by atoms with Crippen molar-refractivity contribution in [2.45, 2.75) is 26.4 Å². The van der Waals surface area contributed by atoms with Gasteiger partial charge in [0.15, 0.2) is 11.5 Å². The fraction of sp³-hybridized carbons (Fsp3) is 0.333. The molecule has 0 unspecified atom stereocenters. The van der Waals surface area contributed by atoms with E-state index >= 15 is 0 Å². The number of nitrogens with zero attached hydrogens (tertiary/aromatic N) is 1. The van der Waals surface area contributed by atoms with Crippen LogP contribution in [0.3, 0.4) is 0 Å². The van der Waals surface area contributed by atoms with Crippen LogP contribution in [0.2, 0.25) is 0 Å². The van der Waals surface area contributed by atoms with Crippen molar-refractivity contribution in [1.82, 2.24) is 4.90 Å². The topological polar surface area (TPSA) is 40.2 Å². The van der Waals surface area contributed by atoms with Crippen LogP contribution >= 0.6 is 0 Å². The lowest BCUT2D eigenvalue weighted by atomic mass is 9.99. The molecule has 0 spiro atoms. The van der Waals surface area contributed by atoms with Gasteiger partial charge in [-0.2, -0.15) is 0 Å². The predicted octanol–water partition coefficient (Wildman–Crippen LogP) is 5.34.